The van der Waals surface area contributed by atoms with E-state index in [9.17, 15) is 0 Å². The highest BCUT2D eigenvalue weighted by atomic mass is 32.1. The molecule has 0 aliphatic rings. The molecule has 5 nitrogen and oxygen atoms in total. The van der Waals surface area contributed by atoms with Gasteiger partial charge in [0.25, 0.3) is 0 Å². The van der Waals surface area contributed by atoms with Gasteiger partial charge in [-0.05, 0) is 17.6 Å². The van der Waals surface area contributed by atoms with Gasteiger partial charge in [-0.15, -0.1) is 11.3 Å². The van der Waals surface area contributed by atoms with E-state index in [1.807, 2.05) is 47.7 Å². The number of benzene rings is 7. The van der Waals surface area contributed by atoms with Gasteiger partial charge in [0.15, 0.2) is 17.5 Å². The average molecular weight is 742 g/mol. The van der Waals surface area contributed by atoms with E-state index in [0.29, 0.717) is 17.5 Å². The summed E-state index contributed by atoms with van der Waals surface area (Å²) in [6.45, 7) is 0. The standard InChI is InChI=1S/C45H32B6N4OS/c46-32-30-29-31(45-53-43(21-11-3-1-4-12-21)52-44(54-45)22-13-5-2-6-14-22)33(47)34(48)36(50)40(29)56-41(30)37(51)39(35(32)49)55-27-17-9-7-15-23(27)25-19-20-26-24-16-8-10-18-28(24)57-42(26)38(25)55/h1-20H,46-51H2. The van der Waals surface area contributed by atoms with Gasteiger partial charge in [-0.25, -0.2) is 15.0 Å². The Balaban J connectivity index is 1.26. The van der Waals surface area contributed by atoms with Gasteiger partial charge in [-0.2, -0.15) is 0 Å². The van der Waals surface area contributed by atoms with Gasteiger partial charge < -0.3 is 8.98 Å². The predicted molar refractivity (Wildman–Crippen MR) is 260 cm³/mol. The Morgan fingerprint density at radius 2 is 1.04 bits per heavy atom. The number of fused-ring (bicyclic) bond motifs is 10. The molecule has 0 aliphatic carbocycles. The molecule has 0 fully saturated rings. The van der Waals surface area contributed by atoms with Crippen molar-refractivity contribution in [1.82, 2.24) is 19.5 Å². The fraction of sp³-hybridized carbons (Fsp3) is 0. The molecule has 0 radical (unpaired) electrons. The van der Waals surface area contributed by atoms with Crippen LogP contribution in [0.2, 0.25) is 0 Å². The molecule has 57 heavy (non-hydrogen) atoms. The number of aromatic nitrogens is 4. The largest absolute Gasteiger partial charge is 0.457 e. The summed E-state index contributed by atoms with van der Waals surface area (Å²) >= 11 is 1.88. The van der Waals surface area contributed by atoms with Crippen molar-refractivity contribution in [2.45, 2.75) is 0 Å². The van der Waals surface area contributed by atoms with Crippen molar-refractivity contribution < 1.29 is 4.42 Å². The third-order valence-corrected chi connectivity index (χ3v) is 13.5. The first-order valence-corrected chi connectivity index (χ1v) is 20.3. The van der Waals surface area contributed by atoms with E-state index in [4.69, 9.17) is 19.4 Å². The van der Waals surface area contributed by atoms with Crippen molar-refractivity contribution in [2.24, 2.45) is 0 Å². The first kappa shape index (κ1) is 34.0. The lowest BCUT2D eigenvalue weighted by molar-refractivity contribution is 0.674. The zero-order valence-corrected chi connectivity index (χ0v) is 33.5. The smallest absolute Gasteiger partial charge is 0.164 e. The summed E-state index contributed by atoms with van der Waals surface area (Å²) in [4.78, 5) is 15.5. The summed E-state index contributed by atoms with van der Waals surface area (Å²) in [5.74, 6) is 1.93. The lowest BCUT2D eigenvalue weighted by Crippen LogP contribution is -2.41. The minimum absolute atomic E-state index is 0.642. The molecule has 11 aromatic rings. The zero-order chi connectivity index (χ0) is 38.7. The molecule has 0 amide bonds. The molecule has 0 bridgehead atoms. The third-order valence-electron chi connectivity index (χ3n) is 12.3. The van der Waals surface area contributed by atoms with Crippen molar-refractivity contribution in [3.63, 3.8) is 0 Å². The van der Waals surface area contributed by atoms with Gasteiger partial charge >= 0.3 is 0 Å². The maximum Gasteiger partial charge on any atom is 0.164 e. The third kappa shape index (κ3) is 4.86. The Bertz CT molecular complexity index is 3430. The highest BCUT2D eigenvalue weighted by Crippen LogP contribution is 2.43. The van der Waals surface area contributed by atoms with Gasteiger partial charge in [-0.1, -0.05) is 137 Å². The van der Waals surface area contributed by atoms with E-state index < -0.39 is 0 Å². The minimum atomic E-state index is 0.642. The van der Waals surface area contributed by atoms with Crippen LogP contribution in [0.1, 0.15) is 0 Å². The van der Waals surface area contributed by atoms with Gasteiger partial charge in [0, 0.05) is 59.4 Å². The Morgan fingerprint density at radius 1 is 0.456 bits per heavy atom. The number of rotatable bonds is 4. The molecule has 0 N–H and O–H groups in total. The molecule has 0 atom stereocenters. The second kappa shape index (κ2) is 12.6. The van der Waals surface area contributed by atoms with E-state index in [2.05, 4.69) is 137 Å². The van der Waals surface area contributed by atoms with Crippen molar-refractivity contribution in [3.05, 3.63) is 121 Å². The minimum Gasteiger partial charge on any atom is -0.457 e. The maximum atomic E-state index is 7.19. The van der Waals surface area contributed by atoms with E-state index in [0.717, 1.165) is 55.0 Å². The molecular formula is C45H32B6N4OS. The summed E-state index contributed by atoms with van der Waals surface area (Å²) in [5.41, 5.74) is 15.2. The van der Waals surface area contributed by atoms with Gasteiger partial charge in [0.05, 0.1) is 15.7 Å². The van der Waals surface area contributed by atoms with Gasteiger partial charge in [-0.3, -0.25) is 0 Å². The topological polar surface area (TPSA) is 56.7 Å². The molecule has 0 saturated carbocycles. The van der Waals surface area contributed by atoms with Crippen molar-refractivity contribution in [1.29, 1.82) is 0 Å². The number of para-hydroxylation sites is 1. The lowest BCUT2D eigenvalue weighted by Gasteiger charge is -2.19. The molecule has 7 aromatic carbocycles. The number of hydrogen-bond donors (Lipinski definition) is 0. The summed E-state index contributed by atoms with van der Waals surface area (Å²) in [6.07, 6.45) is 0. The summed E-state index contributed by atoms with van der Waals surface area (Å²) in [7, 11) is 13.3. The number of hydrogen-bond acceptors (Lipinski definition) is 5. The van der Waals surface area contributed by atoms with Crippen LogP contribution < -0.4 is 32.8 Å². The molecule has 12 heteroatoms. The molecule has 0 unspecified atom stereocenters. The lowest BCUT2D eigenvalue weighted by atomic mass is 9.67. The van der Waals surface area contributed by atoms with Crippen LogP contribution in [0.4, 0.5) is 0 Å². The Morgan fingerprint density at radius 3 is 1.74 bits per heavy atom. The number of thiophene rings is 1. The molecule has 11 rings (SSSR count). The van der Waals surface area contributed by atoms with Crippen LogP contribution in [0.15, 0.2) is 126 Å². The first-order chi connectivity index (χ1) is 27.8. The van der Waals surface area contributed by atoms with E-state index in [1.54, 1.807) is 0 Å². The zero-order valence-electron chi connectivity index (χ0n) is 32.7. The maximum absolute atomic E-state index is 7.19. The second-order valence-electron chi connectivity index (χ2n) is 15.3. The van der Waals surface area contributed by atoms with Crippen LogP contribution in [-0.2, 0) is 0 Å². The fourth-order valence-corrected chi connectivity index (χ4v) is 10.4. The Kier molecular flexibility index (Phi) is 7.55. The molecule has 0 aliphatic heterocycles. The van der Waals surface area contributed by atoms with Crippen molar-refractivity contribution in [2.75, 3.05) is 0 Å². The molecule has 4 heterocycles. The van der Waals surface area contributed by atoms with E-state index >= 15 is 0 Å². The van der Waals surface area contributed by atoms with Gasteiger partial charge in [0.1, 0.15) is 58.2 Å². The second-order valence-corrected chi connectivity index (χ2v) is 16.4. The van der Waals surface area contributed by atoms with Crippen molar-refractivity contribution >= 4 is 155 Å². The average Bonchev–Trinajstić information content (AvgIpc) is 3.94. The van der Waals surface area contributed by atoms with E-state index in [-0.39, 0.29) is 0 Å². The SMILES string of the molecule is Bc1c(B)c(-c2nc(-c3ccccc3)nc(-c3ccccc3)n2)c2c(oc3c(B)c(-n4c5ccccc5c5ccc6c7ccccc7sc6c54)c(B)c(B)c32)c1B. The van der Waals surface area contributed by atoms with Gasteiger partial charge in [0.2, 0.25) is 0 Å². The molecule has 0 saturated heterocycles. The van der Waals surface area contributed by atoms with Crippen LogP contribution in [0.3, 0.4) is 0 Å². The van der Waals surface area contributed by atoms with Crippen molar-refractivity contribution in [3.8, 4) is 39.9 Å². The highest BCUT2D eigenvalue weighted by molar-refractivity contribution is 7.26. The normalized spacial score (nSPS) is 11.9. The predicted octanol–water partition coefficient (Wildman–Crippen LogP) is 1.79. The molecule has 4 aromatic heterocycles. The van der Waals surface area contributed by atoms with Crippen LogP contribution >= 0.6 is 11.3 Å². The quantitative estimate of drug-likeness (QED) is 0.259. The fourth-order valence-electron chi connectivity index (χ4n) is 9.13. The monoisotopic (exact) mass is 742 g/mol. The molecular weight excluding hydrogens is 709 g/mol. The Labute approximate surface area is 338 Å². The molecule has 0 spiro atoms. The Hall–Kier alpha value is -6.24. The van der Waals surface area contributed by atoms with Crippen LogP contribution in [0.5, 0.6) is 0 Å². The molecule has 262 valence electrons. The van der Waals surface area contributed by atoms with E-state index in [1.165, 1.54) is 64.1 Å². The van der Waals surface area contributed by atoms with Crippen LogP contribution in [0.25, 0.3) is 104 Å². The van der Waals surface area contributed by atoms with Crippen LogP contribution in [-0.4, -0.2) is 66.6 Å². The summed E-state index contributed by atoms with van der Waals surface area (Å²) < 4.78 is 12.3. The summed E-state index contributed by atoms with van der Waals surface area (Å²) in [5, 5.41) is 7.26. The van der Waals surface area contributed by atoms with Crippen LogP contribution in [0, 0.1) is 0 Å². The number of nitrogens with zero attached hydrogens (tertiary/aromatic N) is 4. The highest BCUT2D eigenvalue weighted by Gasteiger charge is 2.28. The summed E-state index contributed by atoms with van der Waals surface area (Å²) in [6, 6.07) is 42.6. The first-order valence-electron chi connectivity index (χ1n) is 19.5. The number of furan rings is 1.